The Morgan fingerprint density at radius 3 is 2.76 bits per heavy atom. The molecule has 8 heteroatoms. The van der Waals surface area contributed by atoms with Gasteiger partial charge in [0.05, 0.1) is 18.2 Å². The van der Waals surface area contributed by atoms with Gasteiger partial charge in [-0.2, -0.15) is 8.42 Å². The van der Waals surface area contributed by atoms with E-state index >= 15 is 0 Å². The summed E-state index contributed by atoms with van der Waals surface area (Å²) in [7, 11) is -3.82. The molecule has 0 bridgehead atoms. The van der Waals surface area contributed by atoms with Crippen LogP contribution in [0.5, 0.6) is 5.75 Å². The summed E-state index contributed by atoms with van der Waals surface area (Å²) in [5.74, 6) is -1.45. The van der Waals surface area contributed by atoms with Gasteiger partial charge in [0.15, 0.2) is 16.6 Å². The van der Waals surface area contributed by atoms with E-state index in [2.05, 4.69) is 14.7 Å². The second-order valence-electron chi connectivity index (χ2n) is 3.19. The molecule has 2 aromatic rings. The molecule has 1 aromatic heterocycles. The number of benzene rings is 1. The maximum absolute atomic E-state index is 13.0. The van der Waals surface area contributed by atoms with Crippen LogP contribution < -0.4 is 4.72 Å². The van der Waals surface area contributed by atoms with E-state index in [1.807, 2.05) is 0 Å². The SMILES string of the molecule is O=S(=O)(Nc1ccc(O)c(F)c1)c1cnc[nH]1. The molecule has 0 saturated heterocycles. The lowest BCUT2D eigenvalue weighted by molar-refractivity contribution is 0.432. The van der Waals surface area contributed by atoms with E-state index in [0.717, 1.165) is 18.3 Å². The Bertz CT molecular complexity index is 625. The van der Waals surface area contributed by atoms with Crippen LogP contribution in [0, 0.1) is 5.82 Å². The van der Waals surface area contributed by atoms with Gasteiger partial charge in [-0.05, 0) is 12.1 Å². The van der Waals surface area contributed by atoms with Crippen molar-refractivity contribution in [2.75, 3.05) is 4.72 Å². The second kappa shape index (κ2) is 4.06. The quantitative estimate of drug-likeness (QED) is 0.716. The van der Waals surface area contributed by atoms with E-state index in [1.54, 1.807) is 0 Å². The average molecular weight is 257 g/mol. The number of hydrogen-bond donors (Lipinski definition) is 3. The lowest BCUT2D eigenvalue weighted by Gasteiger charge is -2.06. The number of halogens is 1. The molecule has 3 N–H and O–H groups in total. The standard InChI is InChI=1S/C9H8FN3O3S/c10-7-3-6(1-2-8(7)14)13-17(15,16)9-4-11-5-12-9/h1-5,13-14H,(H,11,12). The van der Waals surface area contributed by atoms with Crippen LogP contribution in [0.25, 0.3) is 0 Å². The molecule has 0 aliphatic carbocycles. The minimum absolute atomic E-state index is 0.00917. The smallest absolute Gasteiger partial charge is 0.278 e. The van der Waals surface area contributed by atoms with Crippen molar-refractivity contribution in [3.63, 3.8) is 0 Å². The third-order valence-electron chi connectivity index (χ3n) is 1.96. The van der Waals surface area contributed by atoms with Gasteiger partial charge in [-0.1, -0.05) is 0 Å². The van der Waals surface area contributed by atoms with Gasteiger partial charge in [-0.15, -0.1) is 0 Å². The summed E-state index contributed by atoms with van der Waals surface area (Å²) < 4.78 is 38.5. The predicted octanol–water partition coefficient (Wildman–Crippen LogP) is 1.06. The van der Waals surface area contributed by atoms with Crippen LogP contribution in [-0.4, -0.2) is 23.5 Å². The molecule has 2 rings (SSSR count). The third-order valence-corrected chi connectivity index (χ3v) is 3.27. The zero-order chi connectivity index (χ0) is 12.5. The summed E-state index contributed by atoms with van der Waals surface area (Å²) in [4.78, 5) is 5.99. The van der Waals surface area contributed by atoms with Crippen LogP contribution in [0.1, 0.15) is 0 Å². The molecule has 0 unspecified atom stereocenters. The minimum atomic E-state index is -3.82. The molecule has 0 radical (unpaired) electrons. The molecule has 0 aliphatic rings. The van der Waals surface area contributed by atoms with Crippen LogP contribution in [0.3, 0.4) is 0 Å². The van der Waals surface area contributed by atoms with Crippen molar-refractivity contribution in [1.82, 2.24) is 9.97 Å². The number of nitrogens with zero attached hydrogens (tertiary/aromatic N) is 1. The monoisotopic (exact) mass is 257 g/mol. The molecule has 0 saturated carbocycles. The zero-order valence-electron chi connectivity index (χ0n) is 8.38. The van der Waals surface area contributed by atoms with Gasteiger partial charge in [0, 0.05) is 6.07 Å². The first-order chi connectivity index (χ1) is 7.99. The third kappa shape index (κ3) is 2.36. The van der Waals surface area contributed by atoms with Gasteiger partial charge < -0.3 is 10.1 Å². The molecule has 90 valence electrons. The summed E-state index contributed by atoms with van der Waals surface area (Å²) in [6.45, 7) is 0. The molecule has 6 nitrogen and oxygen atoms in total. The summed E-state index contributed by atoms with van der Waals surface area (Å²) >= 11 is 0. The Morgan fingerprint density at radius 1 is 1.41 bits per heavy atom. The van der Waals surface area contributed by atoms with Crippen LogP contribution in [-0.2, 0) is 10.0 Å². The molecule has 1 heterocycles. The van der Waals surface area contributed by atoms with Crippen molar-refractivity contribution in [2.24, 2.45) is 0 Å². The van der Waals surface area contributed by atoms with Crippen molar-refractivity contribution >= 4 is 15.7 Å². The first-order valence-electron chi connectivity index (χ1n) is 4.49. The Hall–Kier alpha value is -2.09. The highest BCUT2D eigenvalue weighted by molar-refractivity contribution is 7.92. The van der Waals surface area contributed by atoms with Crippen molar-refractivity contribution in [3.8, 4) is 5.75 Å². The second-order valence-corrected chi connectivity index (χ2v) is 4.84. The largest absolute Gasteiger partial charge is 0.505 e. The normalized spacial score (nSPS) is 11.4. The number of imidazole rings is 1. The fourth-order valence-electron chi connectivity index (χ4n) is 1.17. The van der Waals surface area contributed by atoms with Gasteiger partial charge in [0.1, 0.15) is 0 Å². The van der Waals surface area contributed by atoms with E-state index in [-0.39, 0.29) is 10.7 Å². The molecule has 17 heavy (non-hydrogen) atoms. The highest BCUT2D eigenvalue weighted by Crippen LogP contribution is 2.21. The number of sulfonamides is 1. The molecule has 0 fully saturated rings. The van der Waals surface area contributed by atoms with Crippen LogP contribution >= 0.6 is 0 Å². The molecule has 0 amide bonds. The highest BCUT2D eigenvalue weighted by Gasteiger charge is 2.16. The Labute approximate surface area is 96.2 Å². The number of nitrogens with one attached hydrogen (secondary N) is 2. The van der Waals surface area contributed by atoms with Crippen LogP contribution in [0.15, 0.2) is 35.7 Å². The summed E-state index contributed by atoms with van der Waals surface area (Å²) in [6.07, 6.45) is 2.34. The Morgan fingerprint density at radius 2 is 2.18 bits per heavy atom. The van der Waals surface area contributed by atoms with Gasteiger partial charge in [0.25, 0.3) is 10.0 Å². The Kier molecular flexibility index (Phi) is 2.72. The summed E-state index contributed by atoms with van der Waals surface area (Å²) in [5, 5.41) is 8.82. The number of aromatic amines is 1. The summed E-state index contributed by atoms with van der Waals surface area (Å²) in [5.41, 5.74) is 0.00917. The maximum atomic E-state index is 13.0. The first kappa shape index (κ1) is 11.4. The molecule has 0 spiro atoms. The number of hydrogen-bond acceptors (Lipinski definition) is 4. The fourth-order valence-corrected chi connectivity index (χ4v) is 2.13. The lowest BCUT2D eigenvalue weighted by atomic mass is 10.3. The van der Waals surface area contributed by atoms with E-state index < -0.39 is 21.6 Å². The van der Waals surface area contributed by atoms with Crippen molar-refractivity contribution in [2.45, 2.75) is 5.03 Å². The van der Waals surface area contributed by atoms with Gasteiger partial charge >= 0.3 is 0 Å². The van der Waals surface area contributed by atoms with E-state index in [1.165, 1.54) is 12.4 Å². The van der Waals surface area contributed by atoms with Crippen molar-refractivity contribution in [1.29, 1.82) is 0 Å². The van der Waals surface area contributed by atoms with Gasteiger partial charge in [-0.25, -0.2) is 9.37 Å². The van der Waals surface area contributed by atoms with Gasteiger partial charge in [0.2, 0.25) is 0 Å². The summed E-state index contributed by atoms with van der Waals surface area (Å²) in [6, 6.07) is 3.18. The van der Waals surface area contributed by atoms with Crippen LogP contribution in [0.2, 0.25) is 0 Å². The number of rotatable bonds is 3. The number of anilines is 1. The molecule has 0 aliphatic heterocycles. The average Bonchev–Trinajstić information content (AvgIpc) is 2.77. The molecule has 0 atom stereocenters. The van der Waals surface area contributed by atoms with Crippen LogP contribution in [0.4, 0.5) is 10.1 Å². The first-order valence-corrected chi connectivity index (χ1v) is 5.97. The molecular formula is C9H8FN3O3S. The number of aromatic hydroxyl groups is 1. The fraction of sp³-hybridized carbons (Fsp3) is 0. The highest BCUT2D eigenvalue weighted by atomic mass is 32.2. The number of phenolic OH excluding ortho intramolecular Hbond substituents is 1. The Balaban J connectivity index is 2.30. The molecule has 1 aromatic carbocycles. The number of phenols is 1. The van der Waals surface area contributed by atoms with E-state index in [9.17, 15) is 12.8 Å². The van der Waals surface area contributed by atoms with Gasteiger partial charge in [-0.3, -0.25) is 4.72 Å². The zero-order valence-corrected chi connectivity index (χ0v) is 9.20. The lowest BCUT2D eigenvalue weighted by Crippen LogP contribution is -2.13. The minimum Gasteiger partial charge on any atom is -0.505 e. The predicted molar refractivity (Wildman–Crippen MR) is 57.5 cm³/mol. The molecular weight excluding hydrogens is 249 g/mol. The van der Waals surface area contributed by atoms with Crippen molar-refractivity contribution < 1.29 is 17.9 Å². The van der Waals surface area contributed by atoms with Crippen molar-refractivity contribution in [3.05, 3.63) is 36.5 Å². The maximum Gasteiger partial charge on any atom is 0.278 e. The number of H-pyrrole nitrogens is 1. The topological polar surface area (TPSA) is 95.1 Å². The number of aromatic nitrogens is 2. The van der Waals surface area contributed by atoms with E-state index in [0.29, 0.717) is 0 Å². The van der Waals surface area contributed by atoms with E-state index in [4.69, 9.17) is 5.11 Å².